The highest BCUT2D eigenvalue weighted by atomic mass is 32.2. The smallest absolute Gasteiger partial charge is 0.410 e. The summed E-state index contributed by atoms with van der Waals surface area (Å²) in [5.74, 6) is -0.0702. The van der Waals surface area contributed by atoms with Gasteiger partial charge in [-0.3, -0.25) is 0 Å². The van der Waals surface area contributed by atoms with Gasteiger partial charge in [-0.05, 0) is 27.7 Å². The largest absolute Gasteiger partial charge is 0.444 e. The zero-order valence-corrected chi connectivity index (χ0v) is 12.7. The molecule has 8 heteroatoms. The van der Waals surface area contributed by atoms with Crippen molar-refractivity contribution in [1.29, 1.82) is 0 Å². The molecule has 1 saturated heterocycles. The summed E-state index contributed by atoms with van der Waals surface area (Å²) in [5, 5.41) is 1.36. The number of hydroxylamine groups is 2. The zero-order chi connectivity index (χ0) is 14.7. The Bertz CT molecular complexity index is 407. The SMILES string of the molecule is CCS(=O)(=O)ON1CCN(C(=O)OC(C)(C)C)CC1. The van der Waals surface area contributed by atoms with Crippen molar-refractivity contribution in [3.8, 4) is 0 Å². The second kappa shape index (κ2) is 6.06. The molecule has 0 aromatic heterocycles. The first-order chi connectivity index (χ1) is 8.63. The van der Waals surface area contributed by atoms with Gasteiger partial charge < -0.3 is 9.64 Å². The minimum Gasteiger partial charge on any atom is -0.444 e. The van der Waals surface area contributed by atoms with E-state index < -0.39 is 15.7 Å². The van der Waals surface area contributed by atoms with Gasteiger partial charge in [0.15, 0.2) is 0 Å². The van der Waals surface area contributed by atoms with Crippen LogP contribution in [0.25, 0.3) is 0 Å². The minimum atomic E-state index is -3.49. The first-order valence-corrected chi connectivity index (χ1v) is 7.86. The highest BCUT2D eigenvalue weighted by Crippen LogP contribution is 2.12. The molecule has 0 aliphatic carbocycles. The fourth-order valence-electron chi connectivity index (χ4n) is 1.48. The molecule has 1 fully saturated rings. The van der Waals surface area contributed by atoms with Crippen molar-refractivity contribution in [2.45, 2.75) is 33.3 Å². The van der Waals surface area contributed by atoms with Crippen LogP contribution in [0.15, 0.2) is 0 Å². The standard InChI is InChI=1S/C11H22N2O5S/c1-5-19(15,16)18-13-8-6-12(7-9-13)10(14)17-11(2,3)4/h5-9H2,1-4H3. The maximum Gasteiger partial charge on any atom is 0.410 e. The van der Waals surface area contributed by atoms with E-state index in [1.807, 2.05) is 0 Å². The summed E-state index contributed by atoms with van der Waals surface area (Å²) in [6.07, 6.45) is -0.384. The lowest BCUT2D eigenvalue weighted by Gasteiger charge is -2.34. The second-order valence-electron chi connectivity index (χ2n) is 5.32. The Kier molecular flexibility index (Phi) is 5.17. The highest BCUT2D eigenvalue weighted by Gasteiger charge is 2.27. The van der Waals surface area contributed by atoms with Crippen molar-refractivity contribution < 1.29 is 22.2 Å². The molecule has 0 N–H and O–H groups in total. The van der Waals surface area contributed by atoms with Gasteiger partial charge in [0, 0.05) is 26.2 Å². The fraction of sp³-hybridized carbons (Fsp3) is 0.909. The quantitative estimate of drug-likeness (QED) is 0.767. The first-order valence-electron chi connectivity index (χ1n) is 6.28. The van der Waals surface area contributed by atoms with Gasteiger partial charge in [0.1, 0.15) is 5.60 Å². The molecular weight excluding hydrogens is 272 g/mol. The van der Waals surface area contributed by atoms with Crippen molar-refractivity contribution >= 4 is 16.2 Å². The minimum absolute atomic E-state index is 0.0702. The summed E-state index contributed by atoms with van der Waals surface area (Å²) in [4.78, 5) is 13.3. The van der Waals surface area contributed by atoms with E-state index in [9.17, 15) is 13.2 Å². The third-order valence-corrected chi connectivity index (χ3v) is 3.61. The van der Waals surface area contributed by atoms with E-state index in [4.69, 9.17) is 9.02 Å². The van der Waals surface area contributed by atoms with Gasteiger partial charge in [-0.1, -0.05) is 0 Å². The van der Waals surface area contributed by atoms with Crippen LogP contribution in [-0.2, 0) is 19.1 Å². The Morgan fingerprint density at radius 2 is 1.68 bits per heavy atom. The molecule has 0 spiro atoms. The van der Waals surface area contributed by atoms with Crippen LogP contribution >= 0.6 is 0 Å². The fourth-order valence-corrected chi connectivity index (χ4v) is 2.06. The summed E-state index contributed by atoms with van der Waals surface area (Å²) >= 11 is 0. The first kappa shape index (κ1) is 16.2. The lowest BCUT2D eigenvalue weighted by molar-refractivity contribution is -0.0832. The average molecular weight is 294 g/mol. The molecule has 1 rings (SSSR count). The van der Waals surface area contributed by atoms with Crippen LogP contribution in [0.1, 0.15) is 27.7 Å². The molecule has 19 heavy (non-hydrogen) atoms. The topological polar surface area (TPSA) is 76.2 Å². The number of carbonyl (C=O) groups is 1. The number of hydrogen-bond acceptors (Lipinski definition) is 6. The molecule has 0 atom stereocenters. The summed E-state index contributed by atoms with van der Waals surface area (Å²) in [7, 11) is -3.49. The van der Waals surface area contributed by atoms with Crippen molar-refractivity contribution in [3.05, 3.63) is 0 Å². The van der Waals surface area contributed by atoms with Gasteiger partial charge in [-0.25, -0.2) is 4.79 Å². The number of carbonyl (C=O) groups excluding carboxylic acids is 1. The van der Waals surface area contributed by atoms with Gasteiger partial charge in [0.25, 0.3) is 10.1 Å². The monoisotopic (exact) mass is 294 g/mol. The molecule has 0 radical (unpaired) electrons. The second-order valence-corrected chi connectivity index (χ2v) is 7.16. The van der Waals surface area contributed by atoms with Gasteiger partial charge in [-0.2, -0.15) is 17.8 Å². The molecule has 0 aromatic carbocycles. The lowest BCUT2D eigenvalue weighted by atomic mass is 10.2. The van der Waals surface area contributed by atoms with E-state index in [1.165, 1.54) is 12.0 Å². The van der Waals surface area contributed by atoms with Crippen molar-refractivity contribution in [1.82, 2.24) is 9.96 Å². The number of piperazine rings is 1. The number of amides is 1. The third kappa shape index (κ3) is 5.75. The Labute approximate surface area is 114 Å². The van der Waals surface area contributed by atoms with E-state index in [0.29, 0.717) is 26.2 Å². The maximum absolute atomic E-state index is 11.8. The Balaban J connectivity index is 2.43. The van der Waals surface area contributed by atoms with Gasteiger partial charge in [0.2, 0.25) is 0 Å². The number of ether oxygens (including phenoxy) is 1. The molecule has 0 unspecified atom stereocenters. The van der Waals surface area contributed by atoms with E-state index in [-0.39, 0.29) is 11.8 Å². The van der Waals surface area contributed by atoms with E-state index in [0.717, 1.165) is 0 Å². The molecular formula is C11H22N2O5S. The molecule has 7 nitrogen and oxygen atoms in total. The van der Waals surface area contributed by atoms with Crippen LogP contribution in [0.2, 0.25) is 0 Å². The molecule has 0 aromatic rings. The molecule has 0 saturated carbocycles. The predicted octanol–water partition coefficient (Wildman–Crippen LogP) is 0.820. The van der Waals surface area contributed by atoms with Crippen LogP contribution < -0.4 is 0 Å². The molecule has 0 bridgehead atoms. The predicted molar refractivity (Wildman–Crippen MR) is 69.9 cm³/mol. The van der Waals surface area contributed by atoms with Crippen LogP contribution in [0, 0.1) is 0 Å². The Morgan fingerprint density at radius 3 is 2.11 bits per heavy atom. The van der Waals surface area contributed by atoms with Gasteiger partial charge in [0.05, 0.1) is 5.75 Å². The molecule has 1 amide bonds. The average Bonchev–Trinajstić information content (AvgIpc) is 2.27. The van der Waals surface area contributed by atoms with Gasteiger partial charge >= 0.3 is 6.09 Å². The maximum atomic E-state index is 11.8. The van der Waals surface area contributed by atoms with E-state index in [1.54, 1.807) is 25.7 Å². The van der Waals surface area contributed by atoms with Gasteiger partial charge in [-0.15, -0.1) is 0 Å². The van der Waals surface area contributed by atoms with Crippen LogP contribution in [-0.4, -0.2) is 62.0 Å². The molecule has 1 heterocycles. The number of rotatable bonds is 3. The van der Waals surface area contributed by atoms with Crippen LogP contribution in [0.5, 0.6) is 0 Å². The normalized spacial score (nSPS) is 18.4. The Hall–Kier alpha value is -0.860. The summed E-state index contributed by atoms with van der Waals surface area (Å²) < 4.78 is 32.7. The van der Waals surface area contributed by atoms with Crippen LogP contribution in [0.4, 0.5) is 4.79 Å². The van der Waals surface area contributed by atoms with Crippen molar-refractivity contribution in [3.63, 3.8) is 0 Å². The molecule has 1 aliphatic heterocycles. The number of nitrogens with zero attached hydrogens (tertiary/aromatic N) is 2. The third-order valence-electron chi connectivity index (χ3n) is 2.46. The molecule has 1 aliphatic rings. The number of hydrogen-bond donors (Lipinski definition) is 0. The zero-order valence-electron chi connectivity index (χ0n) is 11.9. The van der Waals surface area contributed by atoms with E-state index in [2.05, 4.69) is 0 Å². The summed E-state index contributed by atoms with van der Waals surface area (Å²) in [5.41, 5.74) is -0.531. The van der Waals surface area contributed by atoms with Crippen LogP contribution in [0.3, 0.4) is 0 Å². The van der Waals surface area contributed by atoms with E-state index >= 15 is 0 Å². The Morgan fingerprint density at radius 1 is 1.16 bits per heavy atom. The van der Waals surface area contributed by atoms with Crippen molar-refractivity contribution in [2.75, 3.05) is 31.9 Å². The molecule has 112 valence electrons. The summed E-state index contributed by atoms with van der Waals surface area (Å²) in [6, 6.07) is 0. The lowest BCUT2D eigenvalue weighted by Crippen LogP contribution is -2.50. The van der Waals surface area contributed by atoms with Crippen molar-refractivity contribution in [2.24, 2.45) is 0 Å². The summed E-state index contributed by atoms with van der Waals surface area (Å²) in [6.45, 7) is 8.39. The highest BCUT2D eigenvalue weighted by molar-refractivity contribution is 7.86.